The lowest BCUT2D eigenvalue weighted by atomic mass is 9.89. The number of hydrogen-bond acceptors (Lipinski definition) is 8. The summed E-state index contributed by atoms with van der Waals surface area (Å²) in [5.41, 5.74) is 2.33. The summed E-state index contributed by atoms with van der Waals surface area (Å²) in [6.45, 7) is 6.28. The van der Waals surface area contributed by atoms with E-state index >= 15 is 0 Å². The molecule has 1 amide bonds. The average molecular weight is 643 g/mol. The molecule has 2 aliphatic heterocycles. The largest absolute Gasteiger partial charge is 0.493 e. The fourth-order valence-corrected chi connectivity index (χ4v) is 6.14. The Kier molecular flexibility index (Phi) is 9.90. The van der Waals surface area contributed by atoms with E-state index in [1.807, 2.05) is 36.4 Å². The molecule has 0 radical (unpaired) electrons. The molecule has 0 spiro atoms. The first-order chi connectivity index (χ1) is 21.2. The van der Waals surface area contributed by atoms with Gasteiger partial charge in [0.1, 0.15) is 12.3 Å². The van der Waals surface area contributed by atoms with Crippen LogP contribution >= 0.6 is 23.2 Å². The number of carbonyl (C=O) groups is 2. The molecule has 3 aromatic rings. The number of Topliss-reactive ketones (excluding diaryl/α,β-unsaturated/α-hetero) is 1. The van der Waals surface area contributed by atoms with E-state index < -0.39 is 5.60 Å². The molecule has 5 rings (SSSR count). The second-order valence-electron chi connectivity index (χ2n) is 11.0. The van der Waals surface area contributed by atoms with Crippen molar-refractivity contribution >= 4 is 40.6 Å². The van der Waals surface area contributed by atoms with E-state index in [1.165, 1.54) is 21.3 Å². The van der Waals surface area contributed by atoms with Crippen LogP contribution in [0.5, 0.6) is 17.2 Å². The Morgan fingerprint density at radius 2 is 1.50 bits per heavy atom. The zero-order valence-corrected chi connectivity index (χ0v) is 26.9. The van der Waals surface area contributed by atoms with Gasteiger partial charge < -0.3 is 28.7 Å². The van der Waals surface area contributed by atoms with Gasteiger partial charge >= 0.3 is 0 Å². The molecule has 0 aliphatic carbocycles. The highest BCUT2D eigenvalue weighted by Gasteiger charge is 2.43. The van der Waals surface area contributed by atoms with Crippen molar-refractivity contribution in [3.63, 3.8) is 0 Å². The predicted molar refractivity (Wildman–Crippen MR) is 171 cm³/mol. The molecule has 0 bridgehead atoms. The van der Waals surface area contributed by atoms with Gasteiger partial charge in [0.05, 0.1) is 37.9 Å². The summed E-state index contributed by atoms with van der Waals surface area (Å²) in [7, 11) is 4.56. The molecule has 3 aromatic carbocycles. The molecule has 2 heterocycles. The summed E-state index contributed by atoms with van der Waals surface area (Å²) in [6, 6.07) is 16.6. The number of anilines is 1. The number of methoxy groups -OCH3 is 3. The summed E-state index contributed by atoms with van der Waals surface area (Å²) >= 11 is 12.7. The molecule has 44 heavy (non-hydrogen) atoms. The number of hydrogen-bond donors (Lipinski definition) is 0. The summed E-state index contributed by atoms with van der Waals surface area (Å²) in [4.78, 5) is 31.8. The van der Waals surface area contributed by atoms with Crippen molar-refractivity contribution in [3.8, 4) is 17.2 Å². The lowest BCUT2D eigenvalue weighted by molar-refractivity contribution is -0.0116. The number of rotatable bonds is 10. The van der Waals surface area contributed by atoms with Crippen LogP contribution in [0.25, 0.3) is 0 Å². The average Bonchev–Trinajstić information content (AvgIpc) is 3.49. The Morgan fingerprint density at radius 3 is 2.07 bits per heavy atom. The molecule has 9 nitrogen and oxygen atoms in total. The van der Waals surface area contributed by atoms with Crippen molar-refractivity contribution in [2.24, 2.45) is 0 Å². The highest BCUT2D eigenvalue weighted by Crippen LogP contribution is 2.41. The third-order valence-electron chi connectivity index (χ3n) is 8.43. The van der Waals surface area contributed by atoms with E-state index in [2.05, 4.69) is 9.80 Å². The van der Waals surface area contributed by atoms with Crippen LogP contribution < -0.4 is 19.1 Å². The standard InChI is InChI=1S/C33H37Cl2N3O6/c1-22(39)23-5-8-26(9-6-23)37-15-13-36(14-16-37)12-11-33(25-7-10-27(34)28(35)19-25)20-38(21-44-33)32(40)24-17-29(41-2)31(43-4)30(18-24)42-3/h5-10,17-19H,11-16,20-21H2,1-4H3/t33-/m0/s1. The maximum Gasteiger partial charge on any atom is 0.256 e. The highest BCUT2D eigenvalue weighted by atomic mass is 35.5. The molecule has 0 saturated carbocycles. The van der Waals surface area contributed by atoms with Gasteiger partial charge in [-0.1, -0.05) is 29.3 Å². The number of benzene rings is 3. The van der Waals surface area contributed by atoms with Crippen molar-refractivity contribution in [2.45, 2.75) is 18.9 Å². The quantitative estimate of drug-likeness (QED) is 0.259. The van der Waals surface area contributed by atoms with Crippen LogP contribution in [0, 0.1) is 0 Å². The normalized spacial score (nSPS) is 18.8. The van der Waals surface area contributed by atoms with E-state index in [9.17, 15) is 9.59 Å². The zero-order chi connectivity index (χ0) is 31.4. The van der Waals surface area contributed by atoms with Gasteiger partial charge in [-0.2, -0.15) is 0 Å². The Morgan fingerprint density at radius 1 is 0.841 bits per heavy atom. The topological polar surface area (TPSA) is 80.8 Å². The maximum atomic E-state index is 13.8. The van der Waals surface area contributed by atoms with Crippen molar-refractivity contribution in [3.05, 3.63) is 81.3 Å². The molecular formula is C33H37Cl2N3O6. The number of carbonyl (C=O) groups excluding carboxylic acids is 2. The molecule has 0 N–H and O–H groups in total. The van der Waals surface area contributed by atoms with E-state index in [0.717, 1.165) is 44.0 Å². The molecule has 0 aromatic heterocycles. The number of amides is 1. The van der Waals surface area contributed by atoms with Crippen molar-refractivity contribution in [2.75, 3.05) is 72.2 Å². The molecular weight excluding hydrogens is 605 g/mol. The SMILES string of the molecule is COc1cc(C(=O)N2CO[C@](CCN3CCN(c4ccc(C(C)=O)cc4)CC3)(c3ccc(Cl)c(Cl)c3)C2)cc(OC)c1OC. The Hall–Kier alpha value is -3.50. The summed E-state index contributed by atoms with van der Waals surface area (Å²) in [5.74, 6) is 1.08. The molecule has 2 saturated heterocycles. The fourth-order valence-electron chi connectivity index (χ4n) is 5.84. The van der Waals surface area contributed by atoms with Gasteiger partial charge in [0.2, 0.25) is 5.75 Å². The van der Waals surface area contributed by atoms with Crippen LogP contribution in [-0.4, -0.2) is 88.8 Å². The Bertz CT molecular complexity index is 1480. The van der Waals surface area contributed by atoms with Gasteiger partial charge in [-0.25, -0.2) is 0 Å². The molecule has 0 unspecified atom stereocenters. The van der Waals surface area contributed by atoms with Crippen LogP contribution in [-0.2, 0) is 10.3 Å². The predicted octanol–water partition coefficient (Wildman–Crippen LogP) is 5.76. The second-order valence-corrected chi connectivity index (χ2v) is 11.8. The van der Waals surface area contributed by atoms with Gasteiger partial charge in [0.25, 0.3) is 5.91 Å². The van der Waals surface area contributed by atoms with Crippen molar-refractivity contribution in [1.29, 1.82) is 0 Å². The lowest BCUT2D eigenvalue weighted by Crippen LogP contribution is -2.48. The van der Waals surface area contributed by atoms with E-state index in [0.29, 0.717) is 51.4 Å². The monoisotopic (exact) mass is 641 g/mol. The van der Waals surface area contributed by atoms with Gasteiger partial charge in [0, 0.05) is 49.5 Å². The van der Waals surface area contributed by atoms with Crippen molar-refractivity contribution in [1.82, 2.24) is 9.80 Å². The number of nitrogens with zero attached hydrogens (tertiary/aromatic N) is 3. The third kappa shape index (κ3) is 6.61. The number of halogens is 2. The van der Waals surface area contributed by atoms with Crippen LogP contribution in [0.1, 0.15) is 39.6 Å². The first-order valence-corrected chi connectivity index (χ1v) is 15.2. The summed E-state index contributed by atoms with van der Waals surface area (Å²) in [6.07, 6.45) is 0.650. The minimum Gasteiger partial charge on any atom is -0.493 e. The first kappa shape index (κ1) is 31.9. The molecule has 1 atom stereocenters. The number of piperazine rings is 1. The second kappa shape index (κ2) is 13.6. The molecule has 234 valence electrons. The van der Waals surface area contributed by atoms with E-state index in [1.54, 1.807) is 30.0 Å². The van der Waals surface area contributed by atoms with E-state index in [4.69, 9.17) is 42.1 Å². The Labute approximate surface area is 268 Å². The minimum absolute atomic E-state index is 0.0649. The van der Waals surface area contributed by atoms with Crippen LogP contribution in [0.4, 0.5) is 5.69 Å². The highest BCUT2D eigenvalue weighted by molar-refractivity contribution is 6.42. The summed E-state index contributed by atoms with van der Waals surface area (Å²) < 4.78 is 22.9. The molecule has 2 fully saturated rings. The van der Waals surface area contributed by atoms with Gasteiger partial charge in [-0.3, -0.25) is 14.5 Å². The molecule has 11 heteroatoms. The lowest BCUT2D eigenvalue weighted by Gasteiger charge is -2.38. The smallest absolute Gasteiger partial charge is 0.256 e. The summed E-state index contributed by atoms with van der Waals surface area (Å²) in [5, 5.41) is 0.896. The number of ketones is 1. The zero-order valence-electron chi connectivity index (χ0n) is 25.4. The van der Waals surface area contributed by atoms with Crippen molar-refractivity contribution < 1.29 is 28.5 Å². The van der Waals surface area contributed by atoms with Gasteiger partial charge in [-0.15, -0.1) is 0 Å². The van der Waals surface area contributed by atoms with E-state index in [-0.39, 0.29) is 18.4 Å². The molecule has 2 aliphatic rings. The maximum absolute atomic E-state index is 13.8. The van der Waals surface area contributed by atoms with Gasteiger partial charge in [-0.05, 0) is 67.4 Å². The van der Waals surface area contributed by atoms with Gasteiger partial charge in [0.15, 0.2) is 17.3 Å². The Balaban J connectivity index is 1.31. The first-order valence-electron chi connectivity index (χ1n) is 14.4. The number of ether oxygens (including phenoxy) is 4. The van der Waals surface area contributed by atoms with Crippen LogP contribution in [0.15, 0.2) is 54.6 Å². The fraction of sp³-hybridized carbons (Fsp3) is 0.394. The van der Waals surface area contributed by atoms with Crippen LogP contribution in [0.2, 0.25) is 10.0 Å². The van der Waals surface area contributed by atoms with Crippen LogP contribution in [0.3, 0.4) is 0 Å². The minimum atomic E-state index is -0.774. The third-order valence-corrected chi connectivity index (χ3v) is 9.17.